The monoisotopic (exact) mass is 512 g/mol. The Balaban J connectivity index is 0.00000300. The Bertz CT molecular complexity index is 733. The molecule has 0 radical (unpaired) electrons. The van der Waals surface area contributed by atoms with Crippen molar-refractivity contribution in [2.24, 2.45) is 4.99 Å². The molecule has 1 amide bonds. The van der Waals surface area contributed by atoms with Gasteiger partial charge in [0.1, 0.15) is 12.3 Å². The van der Waals surface area contributed by atoms with Crippen LogP contribution in [0.25, 0.3) is 0 Å². The third kappa shape index (κ3) is 7.21. The molecule has 1 atom stereocenters. The molecule has 6 nitrogen and oxygen atoms in total. The number of rotatable bonds is 6. The molecule has 160 valence electrons. The molecular weight excluding hydrogens is 479 g/mol. The lowest BCUT2D eigenvalue weighted by atomic mass is 9.97. The van der Waals surface area contributed by atoms with E-state index in [9.17, 15) is 4.79 Å². The summed E-state index contributed by atoms with van der Waals surface area (Å²) < 4.78 is 5.76. The molecule has 2 N–H and O–H groups in total. The van der Waals surface area contributed by atoms with Crippen LogP contribution >= 0.6 is 24.0 Å². The topological polar surface area (TPSA) is 66.0 Å². The summed E-state index contributed by atoms with van der Waals surface area (Å²) in [6.45, 7) is 1.63. The Morgan fingerprint density at radius 3 is 2.86 bits per heavy atom. The van der Waals surface area contributed by atoms with Gasteiger partial charge in [-0.2, -0.15) is 0 Å². The molecule has 0 bridgehead atoms. The van der Waals surface area contributed by atoms with Crippen molar-refractivity contribution in [2.75, 3.05) is 33.8 Å². The van der Waals surface area contributed by atoms with E-state index >= 15 is 0 Å². The van der Waals surface area contributed by atoms with Gasteiger partial charge in [0, 0.05) is 32.6 Å². The lowest BCUT2D eigenvalue weighted by Gasteiger charge is -2.28. The van der Waals surface area contributed by atoms with E-state index in [-0.39, 0.29) is 42.5 Å². The first kappa shape index (κ1) is 23.5. The third-order valence-corrected chi connectivity index (χ3v) is 5.26. The number of carbonyl (C=O) groups excluding carboxylic acids is 1. The van der Waals surface area contributed by atoms with Crippen LogP contribution in [-0.4, -0.2) is 50.6 Å². The van der Waals surface area contributed by atoms with E-state index in [1.807, 2.05) is 18.2 Å². The van der Waals surface area contributed by atoms with Crippen molar-refractivity contribution in [1.29, 1.82) is 0 Å². The molecule has 0 aromatic heterocycles. The second-order valence-electron chi connectivity index (χ2n) is 7.61. The van der Waals surface area contributed by atoms with E-state index in [0.717, 1.165) is 30.7 Å². The lowest BCUT2D eigenvalue weighted by molar-refractivity contribution is -0.127. The van der Waals surface area contributed by atoms with Crippen LogP contribution in [0.1, 0.15) is 50.1 Å². The average molecular weight is 512 g/mol. The van der Waals surface area contributed by atoms with E-state index in [1.165, 1.54) is 31.3 Å². The summed E-state index contributed by atoms with van der Waals surface area (Å²) in [5, 5.41) is 6.94. The van der Waals surface area contributed by atoms with Gasteiger partial charge in [-0.1, -0.05) is 29.8 Å². The number of para-hydroxylation sites is 1. The van der Waals surface area contributed by atoms with Crippen LogP contribution in [0.15, 0.2) is 40.9 Å². The Hall–Kier alpha value is -1.77. The zero-order chi connectivity index (χ0) is 19.8. The number of nitrogens with one attached hydrogen (secondary N) is 2. The third-order valence-electron chi connectivity index (χ3n) is 5.26. The number of likely N-dealkylation sites (N-methyl/N-ethyl adjacent to an activating group) is 1. The van der Waals surface area contributed by atoms with Crippen LogP contribution < -0.4 is 15.4 Å². The Morgan fingerprint density at radius 1 is 1.28 bits per heavy atom. The van der Waals surface area contributed by atoms with Gasteiger partial charge in [-0.05, 0) is 38.2 Å². The molecule has 0 spiro atoms. The molecule has 1 unspecified atom stereocenters. The minimum atomic E-state index is -0.0107. The summed E-state index contributed by atoms with van der Waals surface area (Å²) in [5.41, 5.74) is 2.66. The van der Waals surface area contributed by atoms with Crippen LogP contribution in [0.5, 0.6) is 5.75 Å². The summed E-state index contributed by atoms with van der Waals surface area (Å²) in [7, 11) is 3.51. The highest BCUT2D eigenvalue weighted by molar-refractivity contribution is 14.0. The van der Waals surface area contributed by atoms with Gasteiger partial charge in [0.25, 0.3) is 0 Å². The standard InChI is InChI=1S/C22H32N4O2.HI/c1-26(2)21(27)16-24-22(23-14-12-17-8-4-3-5-9-17)25-19-13-15-28-20-11-7-6-10-18(19)20;/h6-8,10-11,19H,3-5,9,12-16H2,1-2H3,(H2,23,24,25);1H. The average Bonchev–Trinajstić information content (AvgIpc) is 2.72. The van der Waals surface area contributed by atoms with E-state index < -0.39 is 0 Å². The number of hydrogen-bond donors (Lipinski definition) is 2. The maximum absolute atomic E-state index is 12.0. The second-order valence-corrected chi connectivity index (χ2v) is 7.61. The molecule has 7 heteroatoms. The number of nitrogens with zero attached hydrogens (tertiary/aromatic N) is 2. The minimum Gasteiger partial charge on any atom is -0.493 e. The van der Waals surface area contributed by atoms with E-state index in [2.05, 4.69) is 27.8 Å². The Labute approximate surface area is 191 Å². The summed E-state index contributed by atoms with van der Waals surface area (Å²) in [5.74, 6) is 1.60. The summed E-state index contributed by atoms with van der Waals surface area (Å²) in [6, 6.07) is 8.22. The van der Waals surface area contributed by atoms with Gasteiger partial charge in [0.15, 0.2) is 5.96 Å². The normalized spacial score (nSPS) is 18.5. The largest absolute Gasteiger partial charge is 0.493 e. The number of ether oxygens (including phenoxy) is 1. The van der Waals surface area contributed by atoms with Crippen LogP contribution in [0.2, 0.25) is 0 Å². The number of fused-ring (bicyclic) bond motifs is 1. The number of allylic oxidation sites excluding steroid dienone is 1. The molecule has 29 heavy (non-hydrogen) atoms. The van der Waals surface area contributed by atoms with Crippen LogP contribution in [-0.2, 0) is 4.79 Å². The summed E-state index contributed by atoms with van der Waals surface area (Å²) in [6.07, 6.45) is 9.26. The fourth-order valence-corrected chi connectivity index (χ4v) is 3.57. The number of amides is 1. The molecule has 1 aliphatic carbocycles. The Kier molecular flexibility index (Phi) is 9.76. The van der Waals surface area contributed by atoms with E-state index in [0.29, 0.717) is 12.6 Å². The minimum absolute atomic E-state index is 0. The molecule has 2 aliphatic rings. The molecule has 0 saturated carbocycles. The number of benzene rings is 1. The summed E-state index contributed by atoms with van der Waals surface area (Å²) >= 11 is 0. The fourth-order valence-electron chi connectivity index (χ4n) is 3.57. The van der Waals surface area contributed by atoms with Gasteiger partial charge in [0.05, 0.1) is 12.6 Å². The predicted molar refractivity (Wildman–Crippen MR) is 128 cm³/mol. The highest BCUT2D eigenvalue weighted by Crippen LogP contribution is 2.31. The van der Waals surface area contributed by atoms with E-state index in [1.54, 1.807) is 19.0 Å². The van der Waals surface area contributed by atoms with E-state index in [4.69, 9.17) is 4.74 Å². The first-order valence-corrected chi connectivity index (χ1v) is 10.3. The molecule has 0 saturated heterocycles. The fraction of sp³-hybridized carbons (Fsp3) is 0.545. The molecule has 1 heterocycles. The van der Waals surface area contributed by atoms with Crippen molar-refractivity contribution in [3.05, 3.63) is 41.5 Å². The maximum atomic E-state index is 12.0. The molecule has 3 rings (SSSR count). The van der Waals surface area contributed by atoms with Gasteiger partial charge in [-0.3, -0.25) is 4.79 Å². The molecule has 1 aliphatic heterocycles. The Morgan fingerprint density at radius 2 is 2.10 bits per heavy atom. The molecule has 1 aromatic carbocycles. The zero-order valence-electron chi connectivity index (χ0n) is 17.4. The van der Waals surface area contributed by atoms with Gasteiger partial charge >= 0.3 is 0 Å². The quantitative estimate of drug-likeness (QED) is 0.265. The molecule has 0 fully saturated rings. The van der Waals surface area contributed by atoms with Gasteiger partial charge in [-0.15, -0.1) is 24.0 Å². The van der Waals surface area contributed by atoms with Crippen molar-refractivity contribution in [3.63, 3.8) is 0 Å². The van der Waals surface area contributed by atoms with Crippen molar-refractivity contribution >= 4 is 35.8 Å². The second kappa shape index (κ2) is 12.0. The van der Waals surface area contributed by atoms with Crippen molar-refractivity contribution in [2.45, 2.75) is 44.6 Å². The number of guanidine groups is 1. The van der Waals surface area contributed by atoms with Gasteiger partial charge in [0.2, 0.25) is 5.91 Å². The van der Waals surface area contributed by atoms with Crippen LogP contribution in [0.3, 0.4) is 0 Å². The van der Waals surface area contributed by atoms with Gasteiger partial charge < -0.3 is 20.3 Å². The highest BCUT2D eigenvalue weighted by atomic mass is 127. The number of carbonyl (C=O) groups is 1. The highest BCUT2D eigenvalue weighted by Gasteiger charge is 2.22. The molecular formula is C22H33IN4O2. The lowest BCUT2D eigenvalue weighted by Crippen LogP contribution is -2.42. The zero-order valence-corrected chi connectivity index (χ0v) is 19.8. The first-order valence-electron chi connectivity index (χ1n) is 10.3. The van der Waals surface area contributed by atoms with Crippen molar-refractivity contribution in [3.8, 4) is 5.75 Å². The van der Waals surface area contributed by atoms with Crippen LogP contribution in [0, 0.1) is 0 Å². The van der Waals surface area contributed by atoms with Crippen LogP contribution in [0.4, 0.5) is 0 Å². The number of hydrogen-bond acceptors (Lipinski definition) is 3. The van der Waals surface area contributed by atoms with Gasteiger partial charge in [-0.25, -0.2) is 4.99 Å². The first-order chi connectivity index (χ1) is 13.6. The molecule has 1 aromatic rings. The number of halogens is 1. The van der Waals surface area contributed by atoms with Crippen molar-refractivity contribution in [1.82, 2.24) is 15.5 Å². The SMILES string of the molecule is CN(C)C(=O)CN=C(NCCC1=CCCCC1)NC1CCOc2ccccc21.I. The number of aliphatic imine (C=N–C) groups is 1. The maximum Gasteiger partial charge on any atom is 0.243 e. The smallest absolute Gasteiger partial charge is 0.243 e. The van der Waals surface area contributed by atoms with Crippen molar-refractivity contribution < 1.29 is 9.53 Å². The predicted octanol–water partition coefficient (Wildman–Crippen LogP) is 3.64. The summed E-state index contributed by atoms with van der Waals surface area (Å²) in [4.78, 5) is 18.1.